The van der Waals surface area contributed by atoms with Gasteiger partial charge >= 0.3 is 0 Å². The van der Waals surface area contributed by atoms with Crippen LogP contribution in [0.25, 0.3) is 22.4 Å². The second-order valence-corrected chi connectivity index (χ2v) is 8.96. The van der Waals surface area contributed by atoms with Crippen molar-refractivity contribution in [2.24, 2.45) is 5.92 Å². The normalized spacial score (nSPS) is 19.5. The molecule has 2 aromatic heterocycles. The van der Waals surface area contributed by atoms with Crippen molar-refractivity contribution in [1.29, 1.82) is 0 Å². The lowest BCUT2D eigenvalue weighted by molar-refractivity contribution is 0.146. The first kappa shape index (κ1) is 17.9. The lowest BCUT2D eigenvalue weighted by Gasteiger charge is -2.36. The summed E-state index contributed by atoms with van der Waals surface area (Å²) < 4.78 is 2.10. The molecular weight excluding hydrogens is 346 g/mol. The van der Waals surface area contributed by atoms with Crippen LogP contribution < -0.4 is 0 Å². The maximum atomic E-state index is 4.89. The average Bonchev–Trinajstić information content (AvgIpc) is 3.30. The zero-order chi connectivity index (χ0) is 19.1. The third kappa shape index (κ3) is 3.26. The molecule has 0 amide bonds. The number of fused-ring (bicyclic) bond motifs is 1. The number of benzene rings is 1. The first-order chi connectivity index (χ1) is 13.7. The molecule has 5 heteroatoms. The van der Waals surface area contributed by atoms with E-state index < -0.39 is 0 Å². The molecule has 2 fully saturated rings. The van der Waals surface area contributed by atoms with Gasteiger partial charge in [0.15, 0.2) is 5.82 Å². The van der Waals surface area contributed by atoms with Crippen molar-refractivity contribution >= 4 is 10.9 Å². The summed E-state index contributed by atoms with van der Waals surface area (Å²) in [6, 6.07) is 8.79. The molecule has 5 nitrogen and oxygen atoms in total. The van der Waals surface area contributed by atoms with Gasteiger partial charge in [0.05, 0.1) is 5.52 Å². The molecule has 0 bridgehead atoms. The highest BCUT2D eigenvalue weighted by Gasteiger charge is 2.26. The number of rotatable bonds is 5. The molecule has 0 unspecified atom stereocenters. The van der Waals surface area contributed by atoms with Crippen molar-refractivity contribution in [1.82, 2.24) is 24.6 Å². The maximum absolute atomic E-state index is 4.89. The van der Waals surface area contributed by atoms with E-state index in [4.69, 9.17) is 10.1 Å². The van der Waals surface area contributed by atoms with Crippen molar-refractivity contribution in [2.45, 2.75) is 57.9 Å². The molecule has 1 aromatic carbocycles. The largest absolute Gasteiger partial charge is 0.340 e. The summed E-state index contributed by atoms with van der Waals surface area (Å²) in [5.41, 5.74) is 3.43. The summed E-state index contributed by atoms with van der Waals surface area (Å²) in [7, 11) is 0. The maximum Gasteiger partial charge on any atom is 0.158 e. The number of piperidine rings is 1. The second kappa shape index (κ2) is 7.36. The van der Waals surface area contributed by atoms with Crippen molar-refractivity contribution in [2.75, 3.05) is 19.6 Å². The number of hydrogen-bond acceptors (Lipinski definition) is 3. The molecule has 1 aliphatic heterocycles. The van der Waals surface area contributed by atoms with E-state index in [1.165, 1.54) is 68.3 Å². The van der Waals surface area contributed by atoms with Gasteiger partial charge in [-0.15, -0.1) is 0 Å². The Labute approximate surface area is 167 Å². The highest BCUT2D eigenvalue weighted by Crippen LogP contribution is 2.33. The Morgan fingerprint density at radius 3 is 2.61 bits per heavy atom. The first-order valence-corrected chi connectivity index (χ1v) is 10.9. The monoisotopic (exact) mass is 377 g/mol. The van der Waals surface area contributed by atoms with Gasteiger partial charge < -0.3 is 9.88 Å². The van der Waals surface area contributed by atoms with Crippen LogP contribution >= 0.6 is 0 Å². The number of H-pyrrole nitrogens is 1. The van der Waals surface area contributed by atoms with E-state index in [0.717, 1.165) is 17.4 Å². The van der Waals surface area contributed by atoms with Gasteiger partial charge in [-0.25, -0.2) is 4.98 Å². The van der Waals surface area contributed by atoms with Gasteiger partial charge in [0.25, 0.3) is 0 Å². The minimum absolute atomic E-state index is 0.327. The fraction of sp³-hybridized carbons (Fsp3) is 0.565. The van der Waals surface area contributed by atoms with Gasteiger partial charge in [-0.3, -0.25) is 4.68 Å². The molecule has 0 atom stereocenters. The quantitative estimate of drug-likeness (QED) is 0.682. The lowest BCUT2D eigenvalue weighted by Crippen LogP contribution is -2.38. The third-order valence-electron chi connectivity index (χ3n) is 6.69. The number of likely N-dealkylation sites (tertiary alicyclic amines) is 1. The predicted octanol–water partition coefficient (Wildman–Crippen LogP) is 4.99. The average molecular weight is 378 g/mol. The summed E-state index contributed by atoms with van der Waals surface area (Å²) in [4.78, 5) is 11.0. The van der Waals surface area contributed by atoms with Gasteiger partial charge in [-0.05, 0) is 64.6 Å². The molecule has 3 aromatic rings. The summed E-state index contributed by atoms with van der Waals surface area (Å²) in [6.07, 6.45) is 8.84. The van der Waals surface area contributed by atoms with Gasteiger partial charge in [-0.1, -0.05) is 24.6 Å². The molecule has 1 N–H and O–H groups in total. The Bertz CT molecular complexity index is 941. The summed E-state index contributed by atoms with van der Waals surface area (Å²) in [5, 5.41) is 6.07. The Morgan fingerprint density at radius 1 is 1.11 bits per heavy atom. The molecule has 1 aliphatic carbocycles. The standard InChI is InChI=1S/C23H31N5/c1-16(2)28-21-9-4-3-8-19(21)22(26-28)23-24-14-20(25-23)18-10-12-27(13-11-18)15-17-6-5-7-17/h3-4,8-9,14,16-18H,5-7,10-13,15H2,1-2H3,(H,24,25). The molecule has 5 rings (SSSR count). The Balaban J connectivity index is 1.34. The van der Waals surface area contributed by atoms with Crippen LogP contribution in [-0.4, -0.2) is 44.3 Å². The molecule has 1 saturated carbocycles. The highest BCUT2D eigenvalue weighted by atomic mass is 15.3. The number of para-hydroxylation sites is 1. The van der Waals surface area contributed by atoms with E-state index in [0.29, 0.717) is 12.0 Å². The second-order valence-electron chi connectivity index (χ2n) is 8.96. The Hall–Kier alpha value is -2.14. The van der Waals surface area contributed by atoms with Crippen LogP contribution in [0.15, 0.2) is 30.5 Å². The predicted molar refractivity (Wildman–Crippen MR) is 113 cm³/mol. The van der Waals surface area contributed by atoms with Crippen LogP contribution in [0, 0.1) is 5.92 Å². The van der Waals surface area contributed by atoms with Gasteiger partial charge in [0.2, 0.25) is 0 Å². The molecule has 2 aliphatic rings. The molecule has 1 saturated heterocycles. The number of nitrogens with zero attached hydrogens (tertiary/aromatic N) is 4. The fourth-order valence-corrected chi connectivity index (χ4v) is 4.79. The number of nitrogens with one attached hydrogen (secondary N) is 1. The molecule has 28 heavy (non-hydrogen) atoms. The third-order valence-corrected chi connectivity index (χ3v) is 6.69. The number of imidazole rings is 1. The topological polar surface area (TPSA) is 49.7 Å². The number of aromatic nitrogens is 4. The van der Waals surface area contributed by atoms with Crippen molar-refractivity contribution < 1.29 is 0 Å². The minimum atomic E-state index is 0.327. The van der Waals surface area contributed by atoms with Crippen LogP contribution in [0.3, 0.4) is 0 Å². The molecular formula is C23H31N5. The fourth-order valence-electron chi connectivity index (χ4n) is 4.79. The van der Waals surface area contributed by atoms with Crippen LogP contribution in [-0.2, 0) is 0 Å². The van der Waals surface area contributed by atoms with Crippen LogP contribution in [0.5, 0.6) is 0 Å². The van der Waals surface area contributed by atoms with Crippen molar-refractivity contribution in [3.8, 4) is 11.5 Å². The SMILES string of the molecule is CC(C)n1nc(-c2ncc(C3CCN(CC4CCC4)CC3)[nH]2)c2ccccc21. The van der Waals surface area contributed by atoms with Crippen LogP contribution in [0.4, 0.5) is 0 Å². The summed E-state index contributed by atoms with van der Waals surface area (Å²) in [5.74, 6) is 2.47. The molecule has 3 heterocycles. The highest BCUT2D eigenvalue weighted by molar-refractivity contribution is 5.91. The van der Waals surface area contributed by atoms with E-state index in [1.54, 1.807) is 0 Å². The molecule has 148 valence electrons. The lowest BCUT2D eigenvalue weighted by atomic mass is 9.84. The van der Waals surface area contributed by atoms with E-state index in [-0.39, 0.29) is 0 Å². The minimum Gasteiger partial charge on any atom is -0.340 e. The van der Waals surface area contributed by atoms with Crippen LogP contribution in [0.1, 0.15) is 63.6 Å². The first-order valence-electron chi connectivity index (χ1n) is 10.9. The van der Waals surface area contributed by atoms with E-state index in [9.17, 15) is 0 Å². The summed E-state index contributed by atoms with van der Waals surface area (Å²) >= 11 is 0. The van der Waals surface area contributed by atoms with Crippen molar-refractivity contribution in [3.05, 3.63) is 36.2 Å². The van der Waals surface area contributed by atoms with E-state index >= 15 is 0 Å². The van der Waals surface area contributed by atoms with Crippen LogP contribution in [0.2, 0.25) is 0 Å². The van der Waals surface area contributed by atoms with E-state index in [2.05, 4.69) is 52.7 Å². The smallest absolute Gasteiger partial charge is 0.158 e. The number of hydrogen-bond donors (Lipinski definition) is 1. The Morgan fingerprint density at radius 2 is 1.89 bits per heavy atom. The van der Waals surface area contributed by atoms with E-state index in [1.807, 2.05) is 6.20 Å². The summed E-state index contributed by atoms with van der Waals surface area (Å²) in [6.45, 7) is 8.11. The zero-order valence-corrected chi connectivity index (χ0v) is 17.1. The zero-order valence-electron chi connectivity index (χ0n) is 17.1. The Kier molecular flexibility index (Phi) is 4.71. The molecule has 0 spiro atoms. The molecule has 0 radical (unpaired) electrons. The van der Waals surface area contributed by atoms with Gasteiger partial charge in [-0.2, -0.15) is 5.10 Å². The van der Waals surface area contributed by atoms with Crippen molar-refractivity contribution in [3.63, 3.8) is 0 Å². The number of aromatic amines is 1. The van der Waals surface area contributed by atoms with Gasteiger partial charge in [0, 0.05) is 35.8 Å². The van der Waals surface area contributed by atoms with Gasteiger partial charge in [0.1, 0.15) is 5.69 Å².